The lowest BCUT2D eigenvalue weighted by Crippen LogP contribution is -2.48. The topological polar surface area (TPSA) is 66.5 Å². The van der Waals surface area contributed by atoms with Crippen LogP contribution in [0.4, 0.5) is 5.69 Å². The summed E-state index contributed by atoms with van der Waals surface area (Å²) < 4.78 is 25.1. The molecule has 0 radical (unpaired) electrons. The number of sulfonamides is 1. The van der Waals surface area contributed by atoms with E-state index in [4.69, 9.17) is 11.6 Å². The first kappa shape index (κ1) is 17.8. The summed E-state index contributed by atoms with van der Waals surface area (Å²) in [7, 11) is -3.60. The number of halogens is 1. The Morgan fingerprint density at radius 2 is 2.10 bits per heavy atom. The van der Waals surface area contributed by atoms with Gasteiger partial charge in [-0.3, -0.25) is 9.10 Å². The molecule has 1 aromatic rings. The molecule has 5 nitrogen and oxygen atoms in total. The van der Waals surface area contributed by atoms with E-state index in [2.05, 4.69) is 5.32 Å². The highest BCUT2D eigenvalue weighted by Crippen LogP contribution is 2.24. The van der Waals surface area contributed by atoms with Gasteiger partial charge in [0, 0.05) is 11.6 Å². The highest BCUT2D eigenvalue weighted by molar-refractivity contribution is 7.92. The summed E-state index contributed by atoms with van der Waals surface area (Å²) in [6.45, 7) is 4.11. The van der Waals surface area contributed by atoms with Crippen molar-refractivity contribution < 1.29 is 13.2 Å². The van der Waals surface area contributed by atoms with Gasteiger partial charge in [-0.25, -0.2) is 8.42 Å². The van der Waals surface area contributed by atoms with Crippen molar-refractivity contribution in [3.63, 3.8) is 0 Å². The number of nitrogens with one attached hydrogen (secondary N) is 1. The molecule has 0 bridgehead atoms. The molecule has 0 heterocycles. The van der Waals surface area contributed by atoms with Crippen molar-refractivity contribution >= 4 is 33.2 Å². The monoisotopic (exact) mass is 332 g/mol. The van der Waals surface area contributed by atoms with Crippen LogP contribution < -0.4 is 9.62 Å². The zero-order valence-electron chi connectivity index (χ0n) is 12.5. The zero-order valence-corrected chi connectivity index (χ0v) is 14.0. The van der Waals surface area contributed by atoms with Crippen LogP contribution in [-0.2, 0) is 14.8 Å². The van der Waals surface area contributed by atoms with Crippen LogP contribution in [0.3, 0.4) is 0 Å². The number of carbonyl (C=O) groups is 1. The Morgan fingerprint density at radius 1 is 1.43 bits per heavy atom. The van der Waals surface area contributed by atoms with Gasteiger partial charge in [-0.1, -0.05) is 31.0 Å². The second-order valence-electron chi connectivity index (χ2n) is 4.86. The van der Waals surface area contributed by atoms with Crippen molar-refractivity contribution in [1.82, 2.24) is 5.32 Å². The fourth-order valence-corrected chi connectivity index (χ4v) is 3.31. The Morgan fingerprint density at radius 3 is 2.62 bits per heavy atom. The van der Waals surface area contributed by atoms with E-state index in [1.807, 2.05) is 6.92 Å². The van der Waals surface area contributed by atoms with Gasteiger partial charge in [0.1, 0.15) is 6.04 Å². The molecule has 0 aromatic heterocycles. The largest absolute Gasteiger partial charge is 0.354 e. The molecule has 1 amide bonds. The Labute approximate surface area is 131 Å². The molecule has 1 N–H and O–H groups in total. The predicted octanol–water partition coefficient (Wildman–Crippen LogP) is 2.41. The molecule has 1 aromatic carbocycles. The number of amides is 1. The van der Waals surface area contributed by atoms with E-state index in [1.54, 1.807) is 25.1 Å². The molecule has 118 valence electrons. The van der Waals surface area contributed by atoms with E-state index in [0.29, 0.717) is 17.3 Å². The van der Waals surface area contributed by atoms with Crippen LogP contribution in [0, 0.1) is 0 Å². The van der Waals surface area contributed by atoms with Crippen LogP contribution >= 0.6 is 11.6 Å². The molecule has 0 fully saturated rings. The maximum Gasteiger partial charge on any atom is 0.243 e. The van der Waals surface area contributed by atoms with Gasteiger partial charge in [0.2, 0.25) is 15.9 Å². The van der Waals surface area contributed by atoms with Crippen LogP contribution in [0.1, 0.15) is 26.7 Å². The van der Waals surface area contributed by atoms with Gasteiger partial charge in [0.05, 0.1) is 11.9 Å². The number of hydrogen-bond acceptors (Lipinski definition) is 3. The van der Waals surface area contributed by atoms with Crippen molar-refractivity contribution in [3.05, 3.63) is 29.3 Å². The third-order valence-corrected chi connectivity index (χ3v) is 4.46. The van der Waals surface area contributed by atoms with Gasteiger partial charge in [0.25, 0.3) is 0 Å². The summed E-state index contributed by atoms with van der Waals surface area (Å²) in [6, 6.07) is 5.60. The molecule has 0 aliphatic heterocycles. The van der Waals surface area contributed by atoms with E-state index in [9.17, 15) is 13.2 Å². The second kappa shape index (κ2) is 7.66. The quantitative estimate of drug-likeness (QED) is 0.780. The van der Waals surface area contributed by atoms with Crippen LogP contribution in [0.15, 0.2) is 24.3 Å². The van der Waals surface area contributed by atoms with E-state index >= 15 is 0 Å². The first-order chi connectivity index (χ1) is 9.77. The van der Waals surface area contributed by atoms with Crippen LogP contribution in [0.5, 0.6) is 0 Å². The second-order valence-corrected chi connectivity index (χ2v) is 7.16. The molecule has 0 aliphatic rings. The lowest BCUT2D eigenvalue weighted by atomic mass is 10.2. The number of hydrogen-bond donors (Lipinski definition) is 1. The maximum atomic E-state index is 12.1. The first-order valence-electron chi connectivity index (χ1n) is 6.80. The van der Waals surface area contributed by atoms with Crippen LogP contribution in [0.2, 0.25) is 5.02 Å². The summed E-state index contributed by atoms with van der Waals surface area (Å²) in [5, 5.41) is 3.16. The number of anilines is 1. The molecule has 1 atom stereocenters. The van der Waals surface area contributed by atoms with Crippen molar-refractivity contribution in [3.8, 4) is 0 Å². The predicted molar refractivity (Wildman–Crippen MR) is 86.2 cm³/mol. The minimum atomic E-state index is -3.60. The first-order valence-corrected chi connectivity index (χ1v) is 9.02. The number of benzene rings is 1. The van der Waals surface area contributed by atoms with Crippen LogP contribution in [0.25, 0.3) is 0 Å². The van der Waals surface area contributed by atoms with Crippen molar-refractivity contribution in [2.45, 2.75) is 32.7 Å². The molecule has 0 saturated heterocycles. The minimum absolute atomic E-state index is 0.325. The molecule has 0 unspecified atom stereocenters. The Bertz CT molecular complexity index is 590. The summed E-state index contributed by atoms with van der Waals surface area (Å²) in [4.78, 5) is 12.1. The fourth-order valence-electron chi connectivity index (χ4n) is 1.96. The molecule has 0 spiro atoms. The molecular formula is C14H21ClN2O3S. The van der Waals surface area contributed by atoms with Gasteiger partial charge in [-0.05, 0) is 31.5 Å². The SMILES string of the molecule is CCCCNC(=O)[C@H](C)N(c1cccc(Cl)c1)S(C)(=O)=O. The molecule has 1 rings (SSSR count). The highest BCUT2D eigenvalue weighted by atomic mass is 35.5. The third kappa shape index (κ3) is 5.21. The molecule has 0 saturated carbocycles. The van der Waals surface area contributed by atoms with Gasteiger partial charge >= 0.3 is 0 Å². The zero-order chi connectivity index (χ0) is 16.0. The number of unbranched alkanes of at least 4 members (excludes halogenated alkanes) is 1. The van der Waals surface area contributed by atoms with Gasteiger partial charge in [0.15, 0.2) is 0 Å². The number of nitrogens with zero attached hydrogens (tertiary/aromatic N) is 1. The Hall–Kier alpha value is -1.27. The molecule has 21 heavy (non-hydrogen) atoms. The number of rotatable bonds is 7. The van der Waals surface area contributed by atoms with E-state index in [-0.39, 0.29) is 5.91 Å². The fraction of sp³-hybridized carbons (Fsp3) is 0.500. The normalized spacial score (nSPS) is 12.8. The maximum absolute atomic E-state index is 12.1. The van der Waals surface area contributed by atoms with Gasteiger partial charge in [-0.15, -0.1) is 0 Å². The average molecular weight is 333 g/mol. The van der Waals surface area contributed by atoms with Crippen molar-refractivity contribution in [2.24, 2.45) is 0 Å². The van der Waals surface area contributed by atoms with E-state index in [0.717, 1.165) is 23.4 Å². The average Bonchev–Trinajstić information content (AvgIpc) is 2.37. The lowest BCUT2D eigenvalue weighted by molar-refractivity contribution is -0.121. The molecule has 7 heteroatoms. The summed E-state index contributed by atoms with van der Waals surface area (Å²) in [6.07, 6.45) is 2.89. The van der Waals surface area contributed by atoms with Crippen LogP contribution in [-0.4, -0.2) is 33.2 Å². The Balaban J connectivity index is 3.01. The van der Waals surface area contributed by atoms with Gasteiger partial charge in [-0.2, -0.15) is 0 Å². The Kier molecular flexibility index (Phi) is 6.48. The summed E-state index contributed by atoms with van der Waals surface area (Å²) >= 11 is 5.90. The third-order valence-electron chi connectivity index (χ3n) is 2.98. The van der Waals surface area contributed by atoms with Gasteiger partial charge < -0.3 is 5.32 Å². The highest BCUT2D eigenvalue weighted by Gasteiger charge is 2.28. The standard InChI is InChI=1S/C14H21ClN2O3S/c1-4-5-9-16-14(18)11(2)17(21(3,19)20)13-8-6-7-12(15)10-13/h6-8,10-11H,4-5,9H2,1-3H3,(H,16,18)/t11-/m0/s1. The summed E-state index contributed by atoms with van der Waals surface area (Å²) in [5.74, 6) is -0.325. The van der Waals surface area contributed by atoms with Crippen molar-refractivity contribution in [2.75, 3.05) is 17.1 Å². The molecule has 0 aliphatic carbocycles. The molecular weight excluding hydrogens is 312 g/mol. The lowest BCUT2D eigenvalue weighted by Gasteiger charge is -2.28. The van der Waals surface area contributed by atoms with E-state index in [1.165, 1.54) is 6.07 Å². The summed E-state index contributed by atoms with van der Waals surface area (Å²) in [5.41, 5.74) is 0.378. The minimum Gasteiger partial charge on any atom is -0.354 e. The van der Waals surface area contributed by atoms with Crippen molar-refractivity contribution in [1.29, 1.82) is 0 Å². The smallest absolute Gasteiger partial charge is 0.243 e. The number of carbonyl (C=O) groups excluding carboxylic acids is 1. The van der Waals surface area contributed by atoms with E-state index < -0.39 is 16.1 Å².